The second-order valence-electron chi connectivity index (χ2n) is 5.64. The van der Waals surface area contributed by atoms with E-state index in [0.29, 0.717) is 0 Å². The van der Waals surface area contributed by atoms with Crippen LogP contribution in [0.1, 0.15) is 29.0 Å². The molecule has 0 saturated heterocycles. The minimum Gasteiger partial charge on any atom is -0.391 e. The van der Waals surface area contributed by atoms with Gasteiger partial charge in [-0.2, -0.15) is 0 Å². The molecule has 2 atom stereocenters. The van der Waals surface area contributed by atoms with Crippen LogP contribution in [0.5, 0.6) is 0 Å². The van der Waals surface area contributed by atoms with Crippen molar-refractivity contribution >= 4 is 11.4 Å². The fraction of sp³-hybridized carbons (Fsp3) is 0.235. The minimum absolute atomic E-state index is 0.0695. The molecule has 0 spiro atoms. The van der Waals surface area contributed by atoms with Crippen LogP contribution in [0.4, 0.5) is 5.69 Å². The Labute approximate surface area is 127 Å². The van der Waals surface area contributed by atoms with Crippen LogP contribution in [-0.4, -0.2) is 16.7 Å². The molecule has 1 aliphatic carbocycles. The zero-order valence-electron chi connectivity index (χ0n) is 11.8. The van der Waals surface area contributed by atoms with Crippen molar-refractivity contribution in [1.29, 1.82) is 0 Å². The zero-order chi connectivity index (χ0) is 15.1. The van der Waals surface area contributed by atoms with Gasteiger partial charge in [0.25, 0.3) is 5.69 Å². The summed E-state index contributed by atoms with van der Waals surface area (Å²) in [5.41, 5.74) is 4.43. The largest absolute Gasteiger partial charge is 0.391 e. The predicted molar refractivity (Wildman–Crippen MR) is 82.0 cm³/mol. The van der Waals surface area contributed by atoms with Crippen LogP contribution in [-0.2, 0) is 11.3 Å². The Morgan fingerprint density at radius 1 is 1.14 bits per heavy atom. The maximum absolute atomic E-state index is 10.8. The molecule has 0 bridgehead atoms. The molecule has 5 nitrogen and oxygen atoms in total. The Morgan fingerprint density at radius 3 is 2.68 bits per heavy atom. The summed E-state index contributed by atoms with van der Waals surface area (Å²) in [6.07, 6.45) is 2.02. The second kappa shape index (κ2) is 4.94. The number of nitrogens with zero attached hydrogens (tertiary/aromatic N) is 2. The molecular formula is C17H14N2O3. The lowest BCUT2D eigenvalue weighted by Gasteiger charge is -2.26. The molecule has 1 heterocycles. The van der Waals surface area contributed by atoms with E-state index in [1.54, 1.807) is 12.1 Å². The lowest BCUT2D eigenvalue weighted by atomic mass is 9.77. The van der Waals surface area contributed by atoms with Gasteiger partial charge in [0.05, 0.1) is 16.6 Å². The highest BCUT2D eigenvalue weighted by Gasteiger charge is 2.39. The first-order valence-corrected chi connectivity index (χ1v) is 7.30. The maximum atomic E-state index is 10.8. The molecule has 1 aliphatic heterocycles. The van der Waals surface area contributed by atoms with Crippen molar-refractivity contribution in [2.45, 2.75) is 24.9 Å². The van der Waals surface area contributed by atoms with Gasteiger partial charge in [-0.1, -0.05) is 29.4 Å². The Bertz CT molecular complexity index is 768. The monoisotopic (exact) mass is 294 g/mol. The van der Waals surface area contributed by atoms with E-state index in [1.165, 1.54) is 23.3 Å². The first-order chi connectivity index (χ1) is 10.7. The number of fused-ring (bicyclic) bond motifs is 3. The summed E-state index contributed by atoms with van der Waals surface area (Å²) < 4.78 is 0. The van der Waals surface area contributed by atoms with Crippen LogP contribution in [0.3, 0.4) is 0 Å². The molecule has 0 N–H and O–H groups in total. The number of oxime groups is 1. The molecule has 2 aromatic carbocycles. The van der Waals surface area contributed by atoms with Crippen molar-refractivity contribution in [2.24, 2.45) is 5.16 Å². The lowest BCUT2D eigenvalue weighted by molar-refractivity contribution is -0.384. The van der Waals surface area contributed by atoms with Gasteiger partial charge >= 0.3 is 0 Å². The summed E-state index contributed by atoms with van der Waals surface area (Å²) in [5.74, 6) is 0.117. The van der Waals surface area contributed by atoms with E-state index in [2.05, 4.69) is 23.4 Å². The van der Waals surface area contributed by atoms with E-state index >= 15 is 0 Å². The van der Waals surface area contributed by atoms with Gasteiger partial charge in [-0.3, -0.25) is 10.1 Å². The summed E-state index contributed by atoms with van der Waals surface area (Å²) in [7, 11) is 0. The highest BCUT2D eigenvalue weighted by Crippen LogP contribution is 2.40. The molecule has 0 radical (unpaired) electrons. The molecular weight excluding hydrogens is 280 g/mol. The standard InChI is InChI=1S/C17H14N2O3/c20-19(21)13-8-5-12(6-9-13)17-16-14-4-2-1-3-11(14)7-10-15(16)22-18-17/h1-6,8-9,15-16H,7,10H2. The zero-order valence-corrected chi connectivity index (χ0v) is 11.8. The third-order valence-electron chi connectivity index (χ3n) is 4.42. The normalized spacial score (nSPS) is 22.3. The van der Waals surface area contributed by atoms with Gasteiger partial charge in [-0.15, -0.1) is 0 Å². The van der Waals surface area contributed by atoms with E-state index < -0.39 is 4.92 Å². The second-order valence-corrected chi connectivity index (χ2v) is 5.64. The smallest absolute Gasteiger partial charge is 0.269 e. The number of nitro groups is 1. The van der Waals surface area contributed by atoms with E-state index in [1.807, 2.05) is 6.07 Å². The molecule has 5 heteroatoms. The van der Waals surface area contributed by atoms with Crippen molar-refractivity contribution < 1.29 is 9.76 Å². The highest BCUT2D eigenvalue weighted by molar-refractivity contribution is 6.06. The van der Waals surface area contributed by atoms with Crippen LogP contribution in [0.25, 0.3) is 0 Å². The molecule has 0 saturated carbocycles. The first kappa shape index (κ1) is 13.0. The average Bonchev–Trinajstić information content (AvgIpc) is 2.99. The van der Waals surface area contributed by atoms with Gasteiger partial charge in [-0.25, -0.2) is 0 Å². The summed E-state index contributed by atoms with van der Waals surface area (Å²) in [4.78, 5) is 16.0. The van der Waals surface area contributed by atoms with Crippen molar-refractivity contribution in [3.8, 4) is 0 Å². The summed E-state index contributed by atoms with van der Waals surface area (Å²) in [5, 5.41) is 15.0. The number of hydrogen-bond acceptors (Lipinski definition) is 4. The number of aryl methyl sites for hydroxylation is 1. The Morgan fingerprint density at radius 2 is 1.91 bits per heavy atom. The van der Waals surface area contributed by atoms with Crippen molar-refractivity contribution in [3.63, 3.8) is 0 Å². The fourth-order valence-electron chi connectivity index (χ4n) is 3.33. The van der Waals surface area contributed by atoms with Crippen LogP contribution in [0.15, 0.2) is 53.7 Å². The molecule has 2 aromatic rings. The SMILES string of the molecule is O=[N+]([O-])c1ccc(C2=NOC3CCc4ccccc4C23)cc1. The predicted octanol–water partition coefficient (Wildman–Crippen LogP) is 3.43. The Hall–Kier alpha value is -2.69. The molecule has 4 rings (SSSR count). The number of rotatable bonds is 2. The van der Waals surface area contributed by atoms with E-state index in [0.717, 1.165) is 24.1 Å². The first-order valence-electron chi connectivity index (χ1n) is 7.30. The summed E-state index contributed by atoms with van der Waals surface area (Å²) in [6.45, 7) is 0. The lowest BCUT2D eigenvalue weighted by Crippen LogP contribution is -2.27. The van der Waals surface area contributed by atoms with Gasteiger partial charge in [0.2, 0.25) is 0 Å². The molecule has 22 heavy (non-hydrogen) atoms. The number of non-ortho nitro benzene ring substituents is 1. The van der Waals surface area contributed by atoms with E-state index in [-0.39, 0.29) is 17.7 Å². The quantitative estimate of drug-likeness (QED) is 0.629. The van der Waals surface area contributed by atoms with Gasteiger partial charge in [0.15, 0.2) is 0 Å². The molecule has 2 unspecified atom stereocenters. The van der Waals surface area contributed by atoms with Crippen molar-refractivity contribution in [3.05, 3.63) is 75.3 Å². The van der Waals surface area contributed by atoms with E-state index in [9.17, 15) is 10.1 Å². The Balaban J connectivity index is 1.73. The van der Waals surface area contributed by atoms with Gasteiger partial charge < -0.3 is 4.84 Å². The van der Waals surface area contributed by atoms with Gasteiger partial charge in [-0.05, 0) is 36.1 Å². The number of hydrogen-bond donors (Lipinski definition) is 0. The van der Waals surface area contributed by atoms with Gasteiger partial charge in [0.1, 0.15) is 6.10 Å². The summed E-state index contributed by atoms with van der Waals surface area (Å²) >= 11 is 0. The molecule has 110 valence electrons. The number of nitro benzene ring substituents is 1. The van der Waals surface area contributed by atoms with Crippen LogP contribution >= 0.6 is 0 Å². The third kappa shape index (κ3) is 1.97. The number of benzene rings is 2. The van der Waals surface area contributed by atoms with Gasteiger partial charge in [0, 0.05) is 17.7 Å². The van der Waals surface area contributed by atoms with Crippen LogP contribution in [0, 0.1) is 10.1 Å². The maximum Gasteiger partial charge on any atom is 0.269 e. The topological polar surface area (TPSA) is 64.7 Å². The van der Waals surface area contributed by atoms with Crippen molar-refractivity contribution in [2.75, 3.05) is 0 Å². The average molecular weight is 294 g/mol. The van der Waals surface area contributed by atoms with Crippen LogP contribution < -0.4 is 0 Å². The molecule has 0 amide bonds. The summed E-state index contributed by atoms with van der Waals surface area (Å²) in [6, 6.07) is 14.9. The fourth-order valence-corrected chi connectivity index (χ4v) is 3.33. The van der Waals surface area contributed by atoms with Crippen molar-refractivity contribution in [1.82, 2.24) is 0 Å². The molecule has 2 aliphatic rings. The minimum atomic E-state index is -0.393. The molecule has 0 fully saturated rings. The Kier molecular flexibility index (Phi) is 2.92. The van der Waals surface area contributed by atoms with Crippen LogP contribution in [0.2, 0.25) is 0 Å². The highest BCUT2D eigenvalue weighted by atomic mass is 16.6. The van der Waals surface area contributed by atoms with E-state index in [4.69, 9.17) is 4.84 Å². The third-order valence-corrected chi connectivity index (χ3v) is 4.42. The molecule has 0 aromatic heterocycles.